The van der Waals surface area contributed by atoms with Crippen molar-refractivity contribution in [3.05, 3.63) is 261 Å². The second kappa shape index (κ2) is 27.2. The average Bonchev–Trinajstić information content (AvgIpc) is 1.52. The van der Waals surface area contributed by atoms with E-state index in [1.165, 1.54) is 199 Å². The molecule has 0 N–H and O–H groups in total. The molecule has 0 aliphatic heterocycles. The van der Waals surface area contributed by atoms with Crippen molar-refractivity contribution >= 4 is 154 Å². The first-order valence-corrected chi connectivity index (χ1v) is 39.1. The Labute approximate surface area is 630 Å². The van der Waals surface area contributed by atoms with E-state index in [1.807, 2.05) is 24.8 Å². The maximum absolute atomic E-state index is 4.89. The number of fused-ring (bicyclic) bond motifs is 32. The van der Waals surface area contributed by atoms with Gasteiger partial charge in [-0.1, -0.05) is 140 Å². The number of aryl methyl sites for hydroxylation is 16. The molecule has 108 heavy (non-hydrogen) atoms. The summed E-state index contributed by atoms with van der Waals surface area (Å²) in [4.78, 5) is 19.4. The van der Waals surface area contributed by atoms with Crippen molar-refractivity contribution in [2.75, 3.05) is 0 Å². The van der Waals surface area contributed by atoms with Crippen LogP contribution in [-0.4, -0.2) is 37.7 Å². The van der Waals surface area contributed by atoms with Crippen LogP contribution >= 0.6 is 0 Å². The lowest BCUT2D eigenvalue weighted by Crippen LogP contribution is -2.27. The van der Waals surface area contributed by atoms with Gasteiger partial charge in [0.05, 0.1) is 93.3 Å². The molecule has 0 amide bonds. The Balaban J connectivity index is 0.000000105. The van der Waals surface area contributed by atoms with E-state index in [2.05, 4.69) is 317 Å². The van der Waals surface area contributed by atoms with Gasteiger partial charge in [0.25, 0.3) is 22.6 Å². The molecule has 12 heteroatoms. The molecule has 12 nitrogen and oxygen atoms in total. The summed E-state index contributed by atoms with van der Waals surface area (Å²) in [7, 11) is 8.70. The van der Waals surface area contributed by atoms with Crippen molar-refractivity contribution in [2.45, 2.75) is 134 Å². The van der Waals surface area contributed by atoms with E-state index in [1.54, 1.807) is 0 Å². The maximum Gasteiger partial charge on any atom is 0.297 e. The molecule has 0 saturated carbocycles. The van der Waals surface area contributed by atoms with Gasteiger partial charge in [0, 0.05) is 30.4 Å². The molecule has 8 aromatic carbocycles. The summed E-state index contributed by atoms with van der Waals surface area (Å²) in [6.07, 6.45) is 15.9. The number of nitrogens with zero attached hydrogens (tertiary/aromatic N) is 12. The molecule has 0 aliphatic rings. The van der Waals surface area contributed by atoms with Crippen LogP contribution in [0.15, 0.2) is 195 Å². The van der Waals surface area contributed by atoms with E-state index in [4.69, 9.17) is 19.9 Å². The molecule has 0 aliphatic carbocycles. The Morgan fingerprint density at radius 2 is 0.648 bits per heavy atom. The average molecular weight is 1420 g/mol. The lowest BCUT2D eigenvalue weighted by atomic mass is 9.97. The Bertz CT molecular complexity index is 7070. The SMILES string of the molecule is CCc1ccc(CC)c2c1c1nccc(C)c1c1n2c2ccccc2[n+]1C.CCc1ccc2c(c1)n(C)c1c3c(C)ccnc3c3c(CC)cccc3[n+]21.CCc1ccc2c(c1)n1c3cccc(CC)c3c3nccc(C)c3c1[n+]2C.CCc1cccc2c1c1nccc(C)c1c1n2c2c(CC)cccc2[n+]1C. The Morgan fingerprint density at radius 3 is 1.19 bits per heavy atom. The summed E-state index contributed by atoms with van der Waals surface area (Å²) in [6, 6.07) is 62.1. The van der Waals surface area contributed by atoms with Gasteiger partial charge >= 0.3 is 0 Å². The van der Waals surface area contributed by atoms with Crippen molar-refractivity contribution in [3.63, 3.8) is 0 Å². The van der Waals surface area contributed by atoms with E-state index in [-0.39, 0.29) is 0 Å². The lowest BCUT2D eigenvalue weighted by Gasteiger charge is -2.12. The number of benzene rings is 8. The number of hydrogen-bond acceptors (Lipinski definition) is 4. The van der Waals surface area contributed by atoms with Crippen molar-refractivity contribution in [1.82, 2.24) is 37.7 Å². The number of pyridine rings is 8. The van der Waals surface area contributed by atoms with E-state index < -0.39 is 0 Å². The molecule has 20 aromatic rings. The third-order valence-corrected chi connectivity index (χ3v) is 23.8. The molecular weight excluding hydrogens is 1320 g/mol. The van der Waals surface area contributed by atoms with Gasteiger partial charge in [0.2, 0.25) is 0 Å². The fourth-order valence-corrected chi connectivity index (χ4v) is 18.3. The second-order valence-electron chi connectivity index (χ2n) is 29.6. The number of para-hydroxylation sites is 3. The molecule has 12 aromatic heterocycles. The molecule has 0 saturated heterocycles. The van der Waals surface area contributed by atoms with Crippen molar-refractivity contribution in [1.29, 1.82) is 0 Å². The summed E-state index contributed by atoms with van der Waals surface area (Å²) in [5.74, 6) is 0. The Hall–Kier alpha value is -11.8. The topological polar surface area (TPSA) is 85.5 Å². The fraction of sp³-hybridized carbons (Fsp3) is 0.250. The molecular formula is C96H96N12+4. The van der Waals surface area contributed by atoms with Crippen LogP contribution in [0, 0.1) is 27.7 Å². The molecule has 20 rings (SSSR count). The van der Waals surface area contributed by atoms with Gasteiger partial charge in [-0.25, -0.2) is 18.3 Å². The van der Waals surface area contributed by atoms with Crippen LogP contribution < -0.4 is 18.1 Å². The van der Waals surface area contributed by atoms with Crippen molar-refractivity contribution < 1.29 is 18.1 Å². The minimum absolute atomic E-state index is 0.999. The zero-order valence-corrected chi connectivity index (χ0v) is 65.5. The minimum atomic E-state index is 0.999. The maximum atomic E-state index is 4.89. The predicted octanol–water partition coefficient (Wildman–Crippen LogP) is 20.2. The van der Waals surface area contributed by atoms with Crippen LogP contribution in [0.5, 0.6) is 0 Å². The van der Waals surface area contributed by atoms with E-state index in [9.17, 15) is 0 Å². The highest BCUT2D eigenvalue weighted by atomic mass is 15.1. The third-order valence-electron chi connectivity index (χ3n) is 23.8. The molecule has 0 bridgehead atoms. The van der Waals surface area contributed by atoms with Gasteiger partial charge < -0.3 is 0 Å². The second-order valence-corrected chi connectivity index (χ2v) is 29.6. The fourth-order valence-electron chi connectivity index (χ4n) is 18.3. The normalized spacial score (nSPS) is 12.0. The van der Waals surface area contributed by atoms with Gasteiger partial charge in [0.15, 0.2) is 44.1 Å². The van der Waals surface area contributed by atoms with Gasteiger partial charge in [-0.15, -0.1) is 0 Å². The van der Waals surface area contributed by atoms with Crippen LogP contribution in [0.1, 0.15) is 122 Å². The molecule has 0 fully saturated rings. The van der Waals surface area contributed by atoms with E-state index >= 15 is 0 Å². The standard InChI is InChI=1S/4C24H24N3/c1-5-16-9-7-11-18-21(16)22-20(15(3)13-14-25-22)24-26(4)19-12-8-10-17(6-2)23(19)27(18)24;1-5-16-10-11-18-20(14-16)26(4)24-21-15(3)12-13-25-23(21)22-17(6-2)8-7-9-19(22)27(18)24;1-5-16-10-11-18-20(14-16)27-19-9-7-8-17(6-2)22(19)23-21(24(27)26(18)4)15(3)12-13-25-23;1-5-16-11-12-17(6-2)23-21(16)22-20(15(3)13-14-25-22)24-26(4)18-9-7-8-10-19(18)27(23)24/h4*7-14H,5-6H2,1-4H3/q4*+1. The quantitative estimate of drug-likeness (QED) is 0.112. The van der Waals surface area contributed by atoms with Crippen molar-refractivity contribution in [3.8, 4) is 0 Å². The van der Waals surface area contributed by atoms with Crippen LogP contribution in [0.4, 0.5) is 0 Å². The molecule has 0 spiro atoms. The summed E-state index contributed by atoms with van der Waals surface area (Å²) in [5, 5.41) is 10.2. The summed E-state index contributed by atoms with van der Waals surface area (Å²) in [5.41, 5.74) is 40.6. The summed E-state index contributed by atoms with van der Waals surface area (Å²) >= 11 is 0. The zero-order valence-electron chi connectivity index (χ0n) is 65.5. The Morgan fingerprint density at radius 1 is 0.278 bits per heavy atom. The summed E-state index contributed by atoms with van der Waals surface area (Å²) in [6.45, 7) is 26.6. The van der Waals surface area contributed by atoms with Crippen LogP contribution in [0.3, 0.4) is 0 Å². The molecule has 12 heterocycles. The van der Waals surface area contributed by atoms with E-state index in [0.29, 0.717) is 0 Å². The van der Waals surface area contributed by atoms with Crippen LogP contribution in [-0.2, 0) is 79.6 Å². The number of rotatable bonds is 8. The largest absolute Gasteiger partial charge is 0.297 e. The zero-order chi connectivity index (χ0) is 74.8. The highest BCUT2D eigenvalue weighted by molar-refractivity contribution is 6.17. The molecule has 0 atom stereocenters. The molecule has 536 valence electrons. The number of imidazole rings is 4. The van der Waals surface area contributed by atoms with Gasteiger partial charge in [0.1, 0.15) is 22.1 Å². The third kappa shape index (κ3) is 10.3. The van der Waals surface area contributed by atoms with Crippen LogP contribution in [0.25, 0.3) is 154 Å². The predicted molar refractivity (Wildman–Crippen MR) is 450 cm³/mol. The van der Waals surface area contributed by atoms with Crippen molar-refractivity contribution in [2.24, 2.45) is 28.2 Å². The highest BCUT2D eigenvalue weighted by Gasteiger charge is 2.32. The van der Waals surface area contributed by atoms with E-state index in [0.717, 1.165) is 73.4 Å². The monoisotopic (exact) mass is 1420 g/mol. The van der Waals surface area contributed by atoms with Gasteiger partial charge in [-0.2, -0.15) is 17.6 Å². The highest BCUT2D eigenvalue weighted by Crippen LogP contribution is 2.40. The Kier molecular flexibility index (Phi) is 17.5. The van der Waals surface area contributed by atoms with Gasteiger partial charge in [-0.3, -0.25) is 19.9 Å². The first-order chi connectivity index (χ1) is 52.6. The smallest absolute Gasteiger partial charge is 0.255 e. The minimum Gasteiger partial charge on any atom is -0.255 e. The number of aromatic nitrogens is 12. The summed E-state index contributed by atoms with van der Waals surface area (Å²) < 4.78 is 19.1. The molecule has 0 unspecified atom stereocenters. The van der Waals surface area contributed by atoms with Gasteiger partial charge in [-0.05, 0) is 225 Å². The number of hydrogen-bond donors (Lipinski definition) is 0. The first kappa shape index (κ1) is 69.3. The molecule has 0 radical (unpaired) electrons. The lowest BCUT2D eigenvalue weighted by molar-refractivity contribution is -0.617. The first-order valence-electron chi connectivity index (χ1n) is 39.1. The van der Waals surface area contributed by atoms with Crippen LogP contribution in [0.2, 0.25) is 0 Å².